The van der Waals surface area contributed by atoms with Crippen molar-refractivity contribution >= 4 is 0 Å². The molecule has 1 aromatic rings. The smallest absolute Gasteiger partial charge is 0.0581 e. The van der Waals surface area contributed by atoms with E-state index in [1.54, 1.807) is 0 Å². The molecule has 2 unspecified atom stereocenters. The minimum absolute atomic E-state index is 0.233. The number of aliphatic hydroxyl groups excluding tert-OH is 1. The van der Waals surface area contributed by atoms with Gasteiger partial charge in [-0.1, -0.05) is 30.3 Å². The van der Waals surface area contributed by atoms with Crippen LogP contribution in [0.2, 0.25) is 0 Å². The molecule has 0 bridgehead atoms. The van der Waals surface area contributed by atoms with E-state index in [-0.39, 0.29) is 6.10 Å². The molecular weight excluding hydrogens is 212 g/mol. The van der Waals surface area contributed by atoms with Crippen molar-refractivity contribution in [1.29, 1.82) is 0 Å². The van der Waals surface area contributed by atoms with Crippen LogP contribution in [0.25, 0.3) is 0 Å². The predicted molar refractivity (Wildman–Crippen MR) is 69.0 cm³/mol. The fraction of sp³-hybridized carbons (Fsp3) is 0.600. The molecule has 1 N–H and O–H groups in total. The molecule has 1 heterocycles. The van der Waals surface area contributed by atoms with Crippen molar-refractivity contribution in [2.24, 2.45) is 0 Å². The van der Waals surface area contributed by atoms with Gasteiger partial charge in [-0.05, 0) is 44.1 Å². The molecule has 1 aromatic carbocycles. The number of ether oxygens (including phenoxy) is 1. The van der Waals surface area contributed by atoms with E-state index in [9.17, 15) is 5.11 Å². The highest BCUT2D eigenvalue weighted by atomic mass is 16.5. The van der Waals surface area contributed by atoms with Gasteiger partial charge in [0.25, 0.3) is 0 Å². The number of benzene rings is 1. The molecule has 2 heteroatoms. The van der Waals surface area contributed by atoms with Gasteiger partial charge in [0.15, 0.2) is 0 Å². The maximum Gasteiger partial charge on any atom is 0.0581 e. The van der Waals surface area contributed by atoms with Crippen LogP contribution in [0.5, 0.6) is 0 Å². The Labute approximate surface area is 104 Å². The zero-order chi connectivity index (χ0) is 11.9. The van der Waals surface area contributed by atoms with Crippen LogP contribution < -0.4 is 0 Å². The zero-order valence-electron chi connectivity index (χ0n) is 10.3. The molecule has 0 saturated carbocycles. The average molecular weight is 234 g/mol. The van der Waals surface area contributed by atoms with E-state index in [1.807, 2.05) is 18.2 Å². The molecule has 1 saturated heterocycles. The summed E-state index contributed by atoms with van der Waals surface area (Å²) in [5.41, 5.74) is 1.21. The average Bonchev–Trinajstić information content (AvgIpc) is 2.39. The van der Waals surface area contributed by atoms with Crippen LogP contribution >= 0.6 is 0 Å². The van der Waals surface area contributed by atoms with Gasteiger partial charge in [0.05, 0.1) is 12.2 Å². The standard InChI is InChI=1S/C15H22O2/c16-14(12-13-6-2-1-3-7-13)9-10-15-8-4-5-11-17-15/h1-3,6-7,14-16H,4-5,8-12H2. The summed E-state index contributed by atoms with van der Waals surface area (Å²) in [5.74, 6) is 0. The lowest BCUT2D eigenvalue weighted by molar-refractivity contribution is 0.00234. The molecule has 2 atom stereocenters. The van der Waals surface area contributed by atoms with Crippen LogP contribution in [0.3, 0.4) is 0 Å². The van der Waals surface area contributed by atoms with Gasteiger partial charge >= 0.3 is 0 Å². The van der Waals surface area contributed by atoms with Gasteiger partial charge in [0.1, 0.15) is 0 Å². The Kier molecular flexibility index (Phi) is 5.02. The van der Waals surface area contributed by atoms with Gasteiger partial charge in [-0.2, -0.15) is 0 Å². The van der Waals surface area contributed by atoms with Gasteiger partial charge in [-0.25, -0.2) is 0 Å². The number of aliphatic hydroxyl groups is 1. The first-order valence-electron chi connectivity index (χ1n) is 6.68. The van der Waals surface area contributed by atoms with Crippen molar-refractivity contribution < 1.29 is 9.84 Å². The molecule has 0 spiro atoms. The molecule has 2 nitrogen and oxygen atoms in total. The first-order valence-corrected chi connectivity index (χ1v) is 6.68. The summed E-state index contributed by atoms with van der Waals surface area (Å²) in [7, 11) is 0. The molecule has 0 aromatic heterocycles. The van der Waals surface area contributed by atoms with Gasteiger partial charge in [-0.3, -0.25) is 0 Å². The molecule has 2 rings (SSSR count). The summed E-state index contributed by atoms with van der Waals surface area (Å²) in [6, 6.07) is 10.2. The quantitative estimate of drug-likeness (QED) is 0.848. The van der Waals surface area contributed by atoms with E-state index in [1.165, 1.54) is 18.4 Å². The van der Waals surface area contributed by atoms with Gasteiger partial charge in [0, 0.05) is 6.61 Å². The van der Waals surface area contributed by atoms with Crippen LogP contribution in [-0.2, 0) is 11.2 Å². The summed E-state index contributed by atoms with van der Waals surface area (Å²) in [4.78, 5) is 0. The molecule has 0 radical (unpaired) electrons. The van der Waals surface area contributed by atoms with Crippen LogP contribution in [-0.4, -0.2) is 23.9 Å². The highest BCUT2D eigenvalue weighted by Gasteiger charge is 2.15. The van der Waals surface area contributed by atoms with E-state index in [0.29, 0.717) is 6.10 Å². The Morgan fingerprint density at radius 2 is 2.06 bits per heavy atom. The predicted octanol–water partition coefficient (Wildman–Crippen LogP) is 2.94. The second-order valence-electron chi connectivity index (χ2n) is 4.91. The van der Waals surface area contributed by atoms with Crippen molar-refractivity contribution in [3.63, 3.8) is 0 Å². The van der Waals surface area contributed by atoms with Gasteiger partial charge < -0.3 is 9.84 Å². The van der Waals surface area contributed by atoms with Crippen LogP contribution in [0.4, 0.5) is 0 Å². The van der Waals surface area contributed by atoms with Crippen molar-refractivity contribution in [1.82, 2.24) is 0 Å². The lowest BCUT2D eigenvalue weighted by Gasteiger charge is -2.23. The molecule has 17 heavy (non-hydrogen) atoms. The van der Waals surface area contributed by atoms with E-state index in [4.69, 9.17) is 4.74 Å². The second kappa shape index (κ2) is 6.77. The third kappa shape index (κ3) is 4.49. The van der Waals surface area contributed by atoms with Crippen molar-refractivity contribution in [3.05, 3.63) is 35.9 Å². The fourth-order valence-corrected chi connectivity index (χ4v) is 2.40. The van der Waals surface area contributed by atoms with Crippen molar-refractivity contribution in [2.45, 2.75) is 50.7 Å². The maximum absolute atomic E-state index is 9.98. The molecule has 94 valence electrons. The first-order chi connectivity index (χ1) is 8.34. The molecular formula is C15H22O2. The number of rotatable bonds is 5. The van der Waals surface area contributed by atoms with Gasteiger partial charge in [-0.15, -0.1) is 0 Å². The summed E-state index contributed by atoms with van der Waals surface area (Å²) < 4.78 is 5.67. The van der Waals surface area contributed by atoms with Crippen molar-refractivity contribution in [2.75, 3.05) is 6.61 Å². The summed E-state index contributed by atoms with van der Waals surface area (Å²) >= 11 is 0. The van der Waals surface area contributed by atoms with Gasteiger partial charge in [0.2, 0.25) is 0 Å². The third-order valence-electron chi connectivity index (χ3n) is 3.41. The zero-order valence-corrected chi connectivity index (χ0v) is 10.3. The third-order valence-corrected chi connectivity index (χ3v) is 3.41. The summed E-state index contributed by atoms with van der Waals surface area (Å²) in [6.45, 7) is 0.902. The number of hydrogen-bond donors (Lipinski definition) is 1. The Hall–Kier alpha value is -0.860. The van der Waals surface area contributed by atoms with Crippen LogP contribution in [0, 0.1) is 0 Å². The summed E-state index contributed by atoms with van der Waals surface area (Å²) in [6.07, 6.45) is 6.39. The highest BCUT2D eigenvalue weighted by molar-refractivity contribution is 5.15. The lowest BCUT2D eigenvalue weighted by Crippen LogP contribution is -2.21. The fourth-order valence-electron chi connectivity index (χ4n) is 2.40. The Morgan fingerprint density at radius 1 is 1.24 bits per heavy atom. The van der Waals surface area contributed by atoms with Crippen LogP contribution in [0.1, 0.15) is 37.7 Å². The second-order valence-corrected chi connectivity index (χ2v) is 4.91. The Bertz CT molecular complexity index is 304. The lowest BCUT2D eigenvalue weighted by atomic mass is 9.99. The molecule has 0 amide bonds. The van der Waals surface area contributed by atoms with E-state index in [0.717, 1.165) is 32.3 Å². The van der Waals surface area contributed by atoms with E-state index in [2.05, 4.69) is 12.1 Å². The first kappa shape index (κ1) is 12.6. The minimum Gasteiger partial charge on any atom is -0.393 e. The SMILES string of the molecule is OC(CCC1CCCCO1)Cc1ccccc1. The van der Waals surface area contributed by atoms with E-state index < -0.39 is 0 Å². The number of hydrogen-bond acceptors (Lipinski definition) is 2. The summed E-state index contributed by atoms with van der Waals surface area (Å²) in [5, 5.41) is 9.98. The molecule has 0 aliphatic carbocycles. The molecule has 1 aliphatic heterocycles. The van der Waals surface area contributed by atoms with Crippen molar-refractivity contribution in [3.8, 4) is 0 Å². The Balaban J connectivity index is 1.68. The van der Waals surface area contributed by atoms with E-state index >= 15 is 0 Å². The highest BCUT2D eigenvalue weighted by Crippen LogP contribution is 2.18. The molecule has 1 fully saturated rings. The Morgan fingerprint density at radius 3 is 2.76 bits per heavy atom. The normalized spacial score (nSPS) is 22.3. The maximum atomic E-state index is 9.98. The minimum atomic E-state index is -0.233. The largest absolute Gasteiger partial charge is 0.393 e. The topological polar surface area (TPSA) is 29.5 Å². The van der Waals surface area contributed by atoms with Crippen LogP contribution in [0.15, 0.2) is 30.3 Å². The molecule has 1 aliphatic rings. The monoisotopic (exact) mass is 234 g/mol.